The van der Waals surface area contributed by atoms with Gasteiger partial charge >= 0.3 is 0 Å². The van der Waals surface area contributed by atoms with Crippen molar-refractivity contribution >= 4 is 28.3 Å². The zero-order valence-corrected chi connectivity index (χ0v) is 13.2. The number of Topliss-reactive ketones (excluding diaryl/α,β-unsaturated/α-hetero) is 1. The van der Waals surface area contributed by atoms with E-state index >= 15 is 0 Å². The van der Waals surface area contributed by atoms with E-state index in [1.807, 2.05) is 30.3 Å². The topological polar surface area (TPSA) is 72.2 Å². The van der Waals surface area contributed by atoms with Gasteiger partial charge in [0.25, 0.3) is 0 Å². The smallest absolute Gasteiger partial charge is 0.228 e. The van der Waals surface area contributed by atoms with Gasteiger partial charge < -0.3 is 9.73 Å². The summed E-state index contributed by atoms with van der Waals surface area (Å²) in [5.74, 6) is 0.00227. The Morgan fingerprint density at radius 1 is 1.21 bits per heavy atom. The fourth-order valence-corrected chi connectivity index (χ4v) is 3.08. The van der Waals surface area contributed by atoms with Crippen molar-refractivity contribution in [2.45, 2.75) is 19.3 Å². The Morgan fingerprint density at radius 2 is 2.04 bits per heavy atom. The molecule has 0 spiro atoms. The van der Waals surface area contributed by atoms with E-state index in [1.54, 1.807) is 18.5 Å². The molecule has 1 saturated carbocycles. The van der Waals surface area contributed by atoms with Crippen LogP contribution in [0.3, 0.4) is 0 Å². The van der Waals surface area contributed by atoms with E-state index in [2.05, 4.69) is 10.3 Å². The molecule has 4 rings (SSSR count). The van der Waals surface area contributed by atoms with Crippen LogP contribution in [-0.4, -0.2) is 16.7 Å². The van der Waals surface area contributed by atoms with Crippen LogP contribution in [0.15, 0.2) is 53.2 Å². The monoisotopic (exact) mass is 320 g/mol. The van der Waals surface area contributed by atoms with E-state index in [0.717, 1.165) is 17.4 Å². The van der Waals surface area contributed by atoms with Crippen LogP contribution < -0.4 is 5.32 Å². The zero-order chi connectivity index (χ0) is 16.7. The summed E-state index contributed by atoms with van der Waals surface area (Å²) in [6, 6.07) is 11.2. The molecule has 1 aliphatic rings. The van der Waals surface area contributed by atoms with Crippen LogP contribution in [0.2, 0.25) is 0 Å². The molecule has 3 aromatic rings. The number of ketones is 1. The molecule has 2 atom stereocenters. The molecule has 0 unspecified atom stereocenters. The quantitative estimate of drug-likeness (QED) is 0.743. The molecule has 0 bridgehead atoms. The molecule has 1 aliphatic carbocycles. The number of carbonyl (C=O) groups excluding carboxylic acids is 2. The number of hydrogen-bond donors (Lipinski definition) is 1. The first-order valence-corrected chi connectivity index (χ1v) is 7.88. The lowest BCUT2D eigenvalue weighted by Crippen LogP contribution is -2.16. The fourth-order valence-electron chi connectivity index (χ4n) is 3.08. The van der Waals surface area contributed by atoms with Crippen LogP contribution in [0.5, 0.6) is 0 Å². The number of pyridine rings is 1. The minimum absolute atomic E-state index is 0.0853. The summed E-state index contributed by atoms with van der Waals surface area (Å²) in [6.07, 6.45) is 4.31. The van der Waals surface area contributed by atoms with Gasteiger partial charge in [-0.05, 0) is 36.1 Å². The van der Waals surface area contributed by atoms with Gasteiger partial charge in [-0.3, -0.25) is 14.6 Å². The van der Waals surface area contributed by atoms with Gasteiger partial charge in [-0.15, -0.1) is 0 Å². The van der Waals surface area contributed by atoms with Gasteiger partial charge in [0.1, 0.15) is 5.58 Å². The summed E-state index contributed by atoms with van der Waals surface area (Å²) >= 11 is 0. The van der Waals surface area contributed by atoms with Crippen LogP contribution in [-0.2, 0) is 4.79 Å². The van der Waals surface area contributed by atoms with Crippen molar-refractivity contribution in [2.75, 3.05) is 5.32 Å². The number of fused-ring (bicyclic) bond motifs is 1. The molecule has 2 aromatic heterocycles. The van der Waals surface area contributed by atoms with Crippen LogP contribution in [0.4, 0.5) is 5.69 Å². The Balaban J connectivity index is 1.60. The minimum Gasteiger partial charge on any atom is -0.451 e. The van der Waals surface area contributed by atoms with E-state index in [4.69, 9.17) is 4.42 Å². The molecule has 5 heteroatoms. The van der Waals surface area contributed by atoms with Gasteiger partial charge in [0.15, 0.2) is 11.5 Å². The Bertz CT molecular complexity index is 930. The summed E-state index contributed by atoms with van der Waals surface area (Å²) in [4.78, 5) is 28.5. The first-order chi connectivity index (χ1) is 11.6. The molecule has 0 aliphatic heterocycles. The van der Waals surface area contributed by atoms with E-state index < -0.39 is 0 Å². The highest BCUT2D eigenvalue weighted by Gasteiger charge is 2.44. The first kappa shape index (κ1) is 14.6. The van der Waals surface area contributed by atoms with Crippen LogP contribution in [0.1, 0.15) is 35.4 Å². The van der Waals surface area contributed by atoms with Crippen molar-refractivity contribution in [1.29, 1.82) is 0 Å². The molecule has 1 aromatic carbocycles. The molecule has 1 fully saturated rings. The second kappa shape index (κ2) is 5.60. The fraction of sp³-hybridized carbons (Fsp3) is 0.211. The third-order valence-electron chi connectivity index (χ3n) is 4.40. The molecule has 2 heterocycles. The van der Waals surface area contributed by atoms with Gasteiger partial charge in [0.2, 0.25) is 5.91 Å². The van der Waals surface area contributed by atoms with Gasteiger partial charge in [0.05, 0.1) is 5.69 Å². The van der Waals surface area contributed by atoms with Gasteiger partial charge in [0, 0.05) is 30.6 Å². The molecular formula is C19H16N2O3. The van der Waals surface area contributed by atoms with Crippen LogP contribution in [0, 0.1) is 5.92 Å². The van der Waals surface area contributed by atoms with Gasteiger partial charge in [-0.2, -0.15) is 0 Å². The summed E-state index contributed by atoms with van der Waals surface area (Å²) in [7, 11) is 0. The molecule has 24 heavy (non-hydrogen) atoms. The van der Waals surface area contributed by atoms with Crippen molar-refractivity contribution in [3.8, 4) is 0 Å². The van der Waals surface area contributed by atoms with E-state index in [1.165, 1.54) is 6.92 Å². The van der Waals surface area contributed by atoms with E-state index in [9.17, 15) is 9.59 Å². The Labute approximate surface area is 138 Å². The van der Waals surface area contributed by atoms with Crippen LogP contribution in [0.25, 0.3) is 11.0 Å². The Kier molecular flexibility index (Phi) is 3.41. The number of furan rings is 1. The Hall–Kier alpha value is -2.95. The molecule has 0 saturated heterocycles. The normalized spacial score (nSPS) is 19.2. The van der Waals surface area contributed by atoms with Crippen molar-refractivity contribution < 1.29 is 14.0 Å². The maximum atomic E-state index is 12.6. The summed E-state index contributed by atoms with van der Waals surface area (Å²) in [6.45, 7) is 1.43. The second-order valence-electron chi connectivity index (χ2n) is 6.08. The number of para-hydroxylation sites is 1. The highest BCUT2D eigenvalue weighted by Crippen LogP contribution is 2.48. The maximum absolute atomic E-state index is 12.6. The summed E-state index contributed by atoms with van der Waals surface area (Å²) < 4.78 is 5.60. The van der Waals surface area contributed by atoms with Crippen molar-refractivity contribution in [1.82, 2.24) is 4.98 Å². The third kappa shape index (κ3) is 2.48. The molecule has 120 valence electrons. The molecule has 5 nitrogen and oxygen atoms in total. The average Bonchev–Trinajstić information content (AvgIpc) is 3.32. The van der Waals surface area contributed by atoms with Gasteiger partial charge in [-0.1, -0.05) is 18.2 Å². The highest BCUT2D eigenvalue weighted by molar-refractivity contribution is 6.11. The van der Waals surface area contributed by atoms with E-state index in [-0.39, 0.29) is 29.3 Å². The SMILES string of the molecule is CC(=O)c1oc2ccccc2c1NC(=O)[C@@H]1C[C@@H]1c1cccnc1. The third-order valence-corrected chi connectivity index (χ3v) is 4.40. The highest BCUT2D eigenvalue weighted by atomic mass is 16.3. The van der Waals surface area contributed by atoms with E-state index in [0.29, 0.717) is 11.3 Å². The summed E-state index contributed by atoms with van der Waals surface area (Å²) in [5, 5.41) is 3.65. The molecule has 1 N–H and O–H groups in total. The number of benzene rings is 1. The average molecular weight is 320 g/mol. The summed E-state index contributed by atoms with van der Waals surface area (Å²) in [5.41, 5.74) is 2.14. The molecular weight excluding hydrogens is 304 g/mol. The number of carbonyl (C=O) groups is 2. The number of rotatable bonds is 4. The van der Waals surface area contributed by atoms with Crippen molar-refractivity contribution in [2.24, 2.45) is 5.92 Å². The predicted octanol–water partition coefficient (Wildman–Crippen LogP) is 3.77. The lowest BCUT2D eigenvalue weighted by Gasteiger charge is -2.05. The van der Waals surface area contributed by atoms with Gasteiger partial charge in [-0.25, -0.2) is 0 Å². The first-order valence-electron chi connectivity index (χ1n) is 7.88. The maximum Gasteiger partial charge on any atom is 0.228 e. The zero-order valence-electron chi connectivity index (χ0n) is 13.2. The number of aromatic nitrogens is 1. The lowest BCUT2D eigenvalue weighted by atomic mass is 10.1. The lowest BCUT2D eigenvalue weighted by molar-refractivity contribution is -0.117. The molecule has 0 radical (unpaired) electrons. The predicted molar refractivity (Wildman–Crippen MR) is 89.9 cm³/mol. The van der Waals surface area contributed by atoms with Crippen molar-refractivity contribution in [3.63, 3.8) is 0 Å². The standard InChI is InChI=1S/C19H16N2O3/c1-11(22)18-17(13-6-2-3-7-16(13)24-18)21-19(23)15-9-14(15)12-5-4-8-20-10-12/h2-8,10,14-15H,9H2,1H3,(H,21,23)/t14-,15-/m1/s1. The molecule has 1 amide bonds. The number of anilines is 1. The minimum atomic E-state index is -0.207. The number of nitrogens with zero attached hydrogens (tertiary/aromatic N) is 1. The largest absolute Gasteiger partial charge is 0.451 e. The number of nitrogens with one attached hydrogen (secondary N) is 1. The Morgan fingerprint density at radius 3 is 2.79 bits per heavy atom. The number of hydrogen-bond acceptors (Lipinski definition) is 4. The second-order valence-corrected chi connectivity index (χ2v) is 6.08. The van der Waals surface area contributed by atoms with Crippen molar-refractivity contribution in [3.05, 3.63) is 60.1 Å². The number of amides is 1. The van der Waals surface area contributed by atoms with Crippen LogP contribution >= 0.6 is 0 Å².